The Morgan fingerprint density at radius 2 is 2.18 bits per heavy atom. The first-order chi connectivity index (χ1) is 5.02. The number of halogens is 3. The molecule has 0 saturated heterocycles. The minimum Gasteiger partial charge on any atom is -0.315 e. The minimum atomic E-state index is -4.39. The van der Waals surface area contributed by atoms with Crippen LogP contribution in [0.25, 0.3) is 0 Å². The first-order valence-corrected chi connectivity index (χ1v) is 3.66. The Morgan fingerprint density at radius 3 is 2.55 bits per heavy atom. The Balaban J connectivity index is 2.78. The zero-order valence-electron chi connectivity index (χ0n) is 5.30. The lowest BCUT2D eigenvalue weighted by molar-refractivity contribution is -0.149. The van der Waals surface area contributed by atoms with E-state index in [2.05, 4.69) is 4.98 Å². The van der Waals surface area contributed by atoms with Crippen molar-refractivity contribution in [3.8, 4) is 0 Å². The van der Waals surface area contributed by atoms with E-state index in [1.54, 1.807) is 0 Å². The van der Waals surface area contributed by atoms with Gasteiger partial charge in [-0.3, -0.25) is 0 Å². The Labute approximate surface area is 64.9 Å². The minimum absolute atomic E-state index is 0.123. The predicted molar refractivity (Wildman–Crippen MR) is 35.1 cm³/mol. The van der Waals surface area contributed by atoms with Crippen LogP contribution in [0.15, 0.2) is 10.9 Å². The summed E-state index contributed by atoms with van der Waals surface area (Å²) in [5.74, 6) is 0. The van der Waals surface area contributed by atoms with Crippen LogP contribution in [0, 0.1) is 0 Å². The van der Waals surface area contributed by atoms with Crippen molar-refractivity contribution in [1.82, 2.24) is 4.98 Å². The highest BCUT2D eigenvalue weighted by Crippen LogP contribution is 2.29. The van der Waals surface area contributed by atoms with Crippen molar-refractivity contribution in [3.05, 3.63) is 16.6 Å². The molecule has 1 aromatic heterocycles. The van der Waals surface area contributed by atoms with Gasteiger partial charge >= 0.3 is 6.18 Å². The van der Waals surface area contributed by atoms with Gasteiger partial charge in [0.05, 0.1) is 11.2 Å². The molecule has 0 bridgehead atoms. The largest absolute Gasteiger partial charge is 0.409 e. The van der Waals surface area contributed by atoms with Gasteiger partial charge in [0.2, 0.25) is 0 Å². The van der Waals surface area contributed by atoms with Crippen molar-refractivity contribution in [1.29, 1.82) is 0 Å². The van der Waals surface area contributed by atoms with Gasteiger partial charge in [0.15, 0.2) is 0 Å². The van der Waals surface area contributed by atoms with Crippen molar-refractivity contribution in [2.75, 3.05) is 0 Å². The Kier molecular flexibility index (Phi) is 2.15. The second-order valence-corrected chi connectivity index (χ2v) is 2.65. The third-order valence-electron chi connectivity index (χ3n) is 1.12. The highest BCUT2D eigenvalue weighted by Gasteiger charge is 2.38. The molecule has 0 radical (unpaired) electrons. The number of rotatable bonds is 1. The number of aromatic nitrogens is 1. The summed E-state index contributed by atoms with van der Waals surface area (Å²) in [7, 11) is 0. The van der Waals surface area contributed by atoms with Crippen LogP contribution >= 0.6 is 11.3 Å². The van der Waals surface area contributed by atoms with Crippen LogP contribution in [0.2, 0.25) is 0 Å². The Hall–Kier alpha value is -0.620. The summed E-state index contributed by atoms with van der Waals surface area (Å²) in [5, 5.41) is 1.29. The summed E-state index contributed by atoms with van der Waals surface area (Å²) in [6.45, 7) is 0. The molecule has 1 unspecified atom stereocenters. The lowest BCUT2D eigenvalue weighted by Gasteiger charge is -2.12. The molecule has 1 aromatic rings. The molecule has 0 aromatic carbocycles. The average Bonchev–Trinajstić information content (AvgIpc) is 2.34. The van der Waals surface area contributed by atoms with Crippen LogP contribution in [0.4, 0.5) is 13.2 Å². The van der Waals surface area contributed by atoms with Gasteiger partial charge in [-0.15, -0.1) is 11.3 Å². The fourth-order valence-electron chi connectivity index (χ4n) is 0.543. The summed E-state index contributed by atoms with van der Waals surface area (Å²) in [4.78, 5) is 3.46. The molecule has 0 fully saturated rings. The van der Waals surface area contributed by atoms with Gasteiger partial charge in [-0.2, -0.15) is 13.2 Å². The van der Waals surface area contributed by atoms with E-state index in [9.17, 15) is 13.2 Å². The van der Waals surface area contributed by atoms with Gasteiger partial charge in [0.1, 0.15) is 6.04 Å². The molecule has 11 heavy (non-hydrogen) atoms. The molecule has 6 heteroatoms. The van der Waals surface area contributed by atoms with E-state index in [1.165, 1.54) is 10.9 Å². The molecule has 0 aliphatic carbocycles. The summed E-state index contributed by atoms with van der Waals surface area (Å²) < 4.78 is 35.6. The molecule has 1 atom stereocenters. The summed E-state index contributed by atoms with van der Waals surface area (Å²) >= 11 is 1.09. The molecule has 0 aliphatic rings. The number of alkyl halides is 3. The van der Waals surface area contributed by atoms with Crippen LogP contribution in [0.5, 0.6) is 0 Å². The van der Waals surface area contributed by atoms with Crippen LogP contribution < -0.4 is 5.73 Å². The van der Waals surface area contributed by atoms with Crippen molar-refractivity contribution in [2.45, 2.75) is 12.2 Å². The third kappa shape index (κ3) is 1.90. The molecule has 2 N–H and O–H groups in total. The highest BCUT2D eigenvalue weighted by molar-refractivity contribution is 7.07. The van der Waals surface area contributed by atoms with Gasteiger partial charge in [-0.05, 0) is 0 Å². The second-order valence-electron chi connectivity index (χ2n) is 1.93. The van der Waals surface area contributed by atoms with Gasteiger partial charge in [-0.1, -0.05) is 0 Å². The molecular formula is C5H5F3N2S. The maximum absolute atomic E-state index is 11.9. The van der Waals surface area contributed by atoms with Crippen molar-refractivity contribution >= 4 is 11.3 Å². The number of nitrogens with zero attached hydrogens (tertiary/aromatic N) is 1. The van der Waals surface area contributed by atoms with Gasteiger partial charge in [0.25, 0.3) is 0 Å². The van der Waals surface area contributed by atoms with Crippen LogP contribution in [0.3, 0.4) is 0 Å². The van der Waals surface area contributed by atoms with Gasteiger partial charge in [-0.25, -0.2) is 4.98 Å². The lowest BCUT2D eigenvalue weighted by Crippen LogP contribution is -2.28. The SMILES string of the molecule is NC(c1cscn1)C(F)(F)F. The topological polar surface area (TPSA) is 38.9 Å². The van der Waals surface area contributed by atoms with E-state index in [1.807, 2.05) is 0 Å². The van der Waals surface area contributed by atoms with Crippen LogP contribution in [-0.2, 0) is 0 Å². The van der Waals surface area contributed by atoms with E-state index in [4.69, 9.17) is 5.73 Å². The van der Waals surface area contributed by atoms with E-state index in [0.717, 1.165) is 11.3 Å². The Bertz CT molecular complexity index is 218. The van der Waals surface area contributed by atoms with E-state index < -0.39 is 12.2 Å². The van der Waals surface area contributed by atoms with Crippen molar-refractivity contribution in [2.24, 2.45) is 5.73 Å². The van der Waals surface area contributed by atoms with Crippen LogP contribution in [0.1, 0.15) is 11.7 Å². The molecular weight excluding hydrogens is 177 g/mol. The summed E-state index contributed by atoms with van der Waals surface area (Å²) in [6.07, 6.45) is -4.39. The fourth-order valence-corrected chi connectivity index (χ4v) is 1.13. The molecule has 0 amide bonds. The highest BCUT2D eigenvalue weighted by atomic mass is 32.1. The Morgan fingerprint density at radius 1 is 1.55 bits per heavy atom. The molecule has 1 rings (SSSR count). The standard InChI is InChI=1S/C5H5F3N2S/c6-5(7,8)4(9)3-1-11-2-10-3/h1-2,4H,9H2. The number of thiazole rings is 1. The second kappa shape index (κ2) is 2.78. The predicted octanol–water partition coefficient (Wildman–Crippen LogP) is 1.71. The summed E-state index contributed by atoms with van der Waals surface area (Å²) in [6, 6.07) is -1.95. The normalized spacial score (nSPS) is 14.9. The average molecular weight is 182 g/mol. The first kappa shape index (κ1) is 8.48. The maximum atomic E-state index is 11.9. The maximum Gasteiger partial charge on any atom is 0.409 e. The van der Waals surface area contributed by atoms with E-state index in [0.29, 0.717) is 0 Å². The van der Waals surface area contributed by atoms with E-state index >= 15 is 0 Å². The number of hydrogen-bond acceptors (Lipinski definition) is 3. The van der Waals surface area contributed by atoms with Crippen LogP contribution in [-0.4, -0.2) is 11.2 Å². The molecule has 1 heterocycles. The number of hydrogen-bond donors (Lipinski definition) is 1. The van der Waals surface area contributed by atoms with Gasteiger partial charge in [0, 0.05) is 5.38 Å². The molecule has 2 nitrogen and oxygen atoms in total. The fraction of sp³-hybridized carbons (Fsp3) is 0.400. The zero-order valence-corrected chi connectivity index (χ0v) is 6.12. The third-order valence-corrected chi connectivity index (χ3v) is 1.73. The van der Waals surface area contributed by atoms with Gasteiger partial charge < -0.3 is 5.73 Å². The van der Waals surface area contributed by atoms with Crippen molar-refractivity contribution in [3.63, 3.8) is 0 Å². The smallest absolute Gasteiger partial charge is 0.315 e. The molecule has 0 aliphatic heterocycles. The lowest BCUT2D eigenvalue weighted by atomic mass is 10.2. The van der Waals surface area contributed by atoms with E-state index in [-0.39, 0.29) is 5.69 Å². The number of nitrogens with two attached hydrogens (primary N) is 1. The van der Waals surface area contributed by atoms with Crippen molar-refractivity contribution < 1.29 is 13.2 Å². The monoisotopic (exact) mass is 182 g/mol. The first-order valence-electron chi connectivity index (χ1n) is 2.72. The zero-order chi connectivity index (χ0) is 8.48. The molecule has 0 saturated carbocycles. The summed E-state index contributed by atoms with van der Waals surface area (Å²) in [5.41, 5.74) is 6.03. The quantitative estimate of drug-likeness (QED) is 0.718. The molecule has 62 valence electrons. The molecule has 0 spiro atoms.